The molecule has 1 aromatic rings. The van der Waals surface area contributed by atoms with Crippen LogP contribution in [0.1, 0.15) is 12.1 Å². The topological polar surface area (TPSA) is 61.0 Å². The maximum absolute atomic E-state index is 5.30. The molecule has 0 spiro atoms. The van der Waals surface area contributed by atoms with Crippen molar-refractivity contribution < 1.29 is 4.74 Å². The van der Waals surface area contributed by atoms with Crippen molar-refractivity contribution in [3.63, 3.8) is 0 Å². The Bertz CT molecular complexity index is 222. The van der Waals surface area contributed by atoms with Crippen molar-refractivity contribution in [2.75, 3.05) is 13.2 Å². The Morgan fingerprint density at radius 1 is 1.42 bits per heavy atom. The van der Waals surface area contributed by atoms with E-state index in [1.165, 1.54) is 0 Å². The molecular formula is C8H13N3O. The van der Waals surface area contributed by atoms with Gasteiger partial charge in [-0.15, -0.1) is 5.10 Å². The highest BCUT2D eigenvalue weighted by atomic mass is 16.5. The molecule has 0 aliphatic heterocycles. The fraction of sp³-hybridized carbons (Fsp3) is 0.500. The Hall–Kier alpha value is -1.16. The third-order valence-electron chi connectivity index (χ3n) is 1.37. The van der Waals surface area contributed by atoms with Gasteiger partial charge in [-0.2, -0.15) is 5.10 Å². The van der Waals surface area contributed by atoms with Crippen molar-refractivity contribution in [1.82, 2.24) is 10.2 Å². The molecule has 0 aromatic carbocycles. The molecule has 2 N–H and O–H groups in total. The Labute approximate surface area is 71.8 Å². The van der Waals surface area contributed by atoms with Gasteiger partial charge in [0.2, 0.25) is 5.88 Å². The molecule has 1 rings (SSSR count). The number of nitrogens with zero attached hydrogens (tertiary/aromatic N) is 2. The molecule has 0 radical (unpaired) electrons. The zero-order valence-electron chi connectivity index (χ0n) is 7.16. The van der Waals surface area contributed by atoms with E-state index in [1.807, 2.05) is 13.0 Å². The molecule has 0 aliphatic rings. The maximum Gasteiger partial charge on any atom is 0.233 e. The minimum atomic E-state index is 0.564. The lowest BCUT2D eigenvalue weighted by molar-refractivity contribution is 0.297. The summed E-state index contributed by atoms with van der Waals surface area (Å²) in [5, 5.41) is 7.69. The third kappa shape index (κ3) is 2.84. The van der Waals surface area contributed by atoms with Crippen molar-refractivity contribution in [3.8, 4) is 5.88 Å². The predicted molar refractivity (Wildman–Crippen MR) is 45.9 cm³/mol. The summed E-state index contributed by atoms with van der Waals surface area (Å²) < 4.78 is 5.25. The van der Waals surface area contributed by atoms with Crippen LogP contribution in [0.2, 0.25) is 0 Å². The average molecular weight is 167 g/mol. The molecule has 1 heterocycles. The molecule has 12 heavy (non-hydrogen) atoms. The normalized spacial score (nSPS) is 9.83. The first kappa shape index (κ1) is 8.93. The Morgan fingerprint density at radius 3 is 2.83 bits per heavy atom. The van der Waals surface area contributed by atoms with Crippen LogP contribution in [0.4, 0.5) is 0 Å². The predicted octanol–water partition coefficient (Wildman–Crippen LogP) is 0.513. The highest BCUT2D eigenvalue weighted by Gasteiger charge is 1.93. The fourth-order valence-electron chi connectivity index (χ4n) is 0.724. The molecule has 1 aromatic heterocycles. The van der Waals surface area contributed by atoms with Gasteiger partial charge in [0.1, 0.15) is 0 Å². The summed E-state index contributed by atoms with van der Waals surface area (Å²) >= 11 is 0. The lowest BCUT2D eigenvalue weighted by atomic mass is 10.4. The van der Waals surface area contributed by atoms with Gasteiger partial charge in [0.15, 0.2) is 0 Å². The first-order valence-electron chi connectivity index (χ1n) is 3.96. The van der Waals surface area contributed by atoms with Gasteiger partial charge in [0, 0.05) is 6.07 Å². The second-order valence-corrected chi connectivity index (χ2v) is 2.50. The summed E-state index contributed by atoms with van der Waals surface area (Å²) in [5.41, 5.74) is 6.19. The van der Waals surface area contributed by atoms with Crippen LogP contribution in [-0.2, 0) is 0 Å². The number of hydrogen-bond donors (Lipinski definition) is 1. The number of ether oxygens (including phenoxy) is 1. The molecule has 0 saturated heterocycles. The van der Waals surface area contributed by atoms with Gasteiger partial charge in [-0.25, -0.2) is 0 Å². The van der Waals surface area contributed by atoms with Gasteiger partial charge < -0.3 is 10.5 Å². The van der Waals surface area contributed by atoms with Gasteiger partial charge in [-0.05, 0) is 26.0 Å². The number of aromatic nitrogens is 2. The van der Waals surface area contributed by atoms with Crippen LogP contribution < -0.4 is 10.5 Å². The summed E-state index contributed by atoms with van der Waals surface area (Å²) in [6.07, 6.45) is 0.843. The summed E-state index contributed by atoms with van der Waals surface area (Å²) in [6, 6.07) is 3.67. The number of nitrogens with two attached hydrogens (primary N) is 1. The van der Waals surface area contributed by atoms with Crippen molar-refractivity contribution in [1.29, 1.82) is 0 Å². The van der Waals surface area contributed by atoms with Crippen molar-refractivity contribution in [2.45, 2.75) is 13.3 Å². The lowest BCUT2D eigenvalue weighted by Gasteiger charge is -2.02. The largest absolute Gasteiger partial charge is 0.477 e. The molecule has 0 amide bonds. The molecule has 4 nitrogen and oxygen atoms in total. The van der Waals surface area contributed by atoms with E-state index in [9.17, 15) is 0 Å². The highest BCUT2D eigenvalue weighted by molar-refractivity contribution is 5.09. The van der Waals surface area contributed by atoms with E-state index in [4.69, 9.17) is 10.5 Å². The van der Waals surface area contributed by atoms with Gasteiger partial charge >= 0.3 is 0 Å². The van der Waals surface area contributed by atoms with E-state index in [1.54, 1.807) is 6.07 Å². The molecule has 0 aliphatic carbocycles. The Morgan fingerprint density at radius 2 is 2.25 bits per heavy atom. The summed E-state index contributed by atoms with van der Waals surface area (Å²) in [5.74, 6) is 0.564. The van der Waals surface area contributed by atoms with E-state index >= 15 is 0 Å². The second kappa shape index (κ2) is 4.66. The van der Waals surface area contributed by atoms with Gasteiger partial charge in [-0.1, -0.05) is 0 Å². The molecule has 0 atom stereocenters. The highest BCUT2D eigenvalue weighted by Crippen LogP contribution is 2.03. The summed E-state index contributed by atoms with van der Waals surface area (Å²) in [7, 11) is 0. The average Bonchev–Trinajstić information content (AvgIpc) is 2.09. The number of rotatable bonds is 4. The van der Waals surface area contributed by atoms with Crippen LogP contribution in [0.25, 0.3) is 0 Å². The van der Waals surface area contributed by atoms with Crippen LogP contribution in [0.5, 0.6) is 5.88 Å². The Kier molecular flexibility index (Phi) is 3.47. The third-order valence-corrected chi connectivity index (χ3v) is 1.37. The van der Waals surface area contributed by atoms with Gasteiger partial charge in [0.05, 0.1) is 12.3 Å². The first-order valence-corrected chi connectivity index (χ1v) is 3.96. The van der Waals surface area contributed by atoms with Gasteiger partial charge in [0.25, 0.3) is 0 Å². The van der Waals surface area contributed by atoms with Crippen LogP contribution in [0.3, 0.4) is 0 Å². The minimum Gasteiger partial charge on any atom is -0.477 e. The number of aryl methyl sites for hydroxylation is 1. The smallest absolute Gasteiger partial charge is 0.233 e. The summed E-state index contributed by atoms with van der Waals surface area (Å²) in [6.45, 7) is 3.13. The van der Waals surface area contributed by atoms with E-state index in [0.717, 1.165) is 12.1 Å². The molecule has 0 bridgehead atoms. The van der Waals surface area contributed by atoms with Crippen LogP contribution >= 0.6 is 0 Å². The lowest BCUT2D eigenvalue weighted by Crippen LogP contribution is -2.07. The SMILES string of the molecule is Cc1ccc(OCCCN)nn1. The van der Waals surface area contributed by atoms with Crippen molar-refractivity contribution >= 4 is 0 Å². The maximum atomic E-state index is 5.30. The van der Waals surface area contributed by atoms with Crippen LogP contribution in [0.15, 0.2) is 12.1 Å². The molecule has 4 heteroatoms. The zero-order valence-corrected chi connectivity index (χ0v) is 7.16. The van der Waals surface area contributed by atoms with Gasteiger partial charge in [-0.3, -0.25) is 0 Å². The van der Waals surface area contributed by atoms with E-state index in [2.05, 4.69) is 10.2 Å². The standard InChI is InChI=1S/C8H13N3O/c1-7-3-4-8(11-10-7)12-6-2-5-9/h3-4H,2,5-6,9H2,1H3. The fourth-order valence-corrected chi connectivity index (χ4v) is 0.724. The zero-order chi connectivity index (χ0) is 8.81. The Balaban J connectivity index is 2.37. The molecular weight excluding hydrogens is 154 g/mol. The van der Waals surface area contributed by atoms with E-state index < -0.39 is 0 Å². The van der Waals surface area contributed by atoms with Crippen molar-refractivity contribution in [3.05, 3.63) is 17.8 Å². The number of hydrogen-bond acceptors (Lipinski definition) is 4. The molecule has 0 unspecified atom stereocenters. The van der Waals surface area contributed by atoms with Crippen molar-refractivity contribution in [2.24, 2.45) is 5.73 Å². The second-order valence-electron chi connectivity index (χ2n) is 2.50. The van der Waals surface area contributed by atoms with Crippen LogP contribution in [-0.4, -0.2) is 23.3 Å². The first-order chi connectivity index (χ1) is 5.83. The quantitative estimate of drug-likeness (QED) is 0.664. The molecule has 0 fully saturated rings. The summed E-state index contributed by atoms with van der Waals surface area (Å²) in [4.78, 5) is 0. The van der Waals surface area contributed by atoms with Crippen LogP contribution in [0, 0.1) is 6.92 Å². The monoisotopic (exact) mass is 167 g/mol. The molecule has 0 saturated carbocycles. The van der Waals surface area contributed by atoms with E-state index in [0.29, 0.717) is 19.0 Å². The minimum absolute atomic E-state index is 0.564. The van der Waals surface area contributed by atoms with E-state index in [-0.39, 0.29) is 0 Å². The molecule has 66 valence electrons.